The smallest absolute Gasteiger partial charge is 0.355 e. The Morgan fingerprint density at radius 1 is 0.941 bits per heavy atom. The lowest BCUT2D eigenvalue weighted by Crippen LogP contribution is -2.45. The summed E-state index contributed by atoms with van der Waals surface area (Å²) in [4.78, 5) is 29.2. The molecule has 0 amide bonds. The maximum absolute atomic E-state index is 12.7. The van der Waals surface area contributed by atoms with Gasteiger partial charge in [-0.25, -0.2) is 9.59 Å². The van der Waals surface area contributed by atoms with Crippen LogP contribution in [0.4, 0.5) is 11.4 Å². The van der Waals surface area contributed by atoms with E-state index in [4.69, 9.17) is 14.2 Å². The van der Waals surface area contributed by atoms with E-state index in [0.29, 0.717) is 16.9 Å². The fraction of sp³-hybridized carbons (Fsp3) is 0.462. The molecule has 34 heavy (non-hydrogen) atoms. The van der Waals surface area contributed by atoms with Gasteiger partial charge in [0.05, 0.1) is 32.6 Å². The largest absolute Gasteiger partial charge is 0.494 e. The maximum atomic E-state index is 12.7. The molecule has 8 heteroatoms. The lowest BCUT2D eigenvalue weighted by molar-refractivity contribution is -0.139. The second kappa shape index (κ2) is 10.3. The van der Waals surface area contributed by atoms with E-state index in [9.17, 15) is 9.59 Å². The van der Waals surface area contributed by atoms with Crippen LogP contribution in [0.25, 0.3) is 0 Å². The van der Waals surface area contributed by atoms with Crippen molar-refractivity contribution in [2.45, 2.75) is 25.7 Å². The van der Waals surface area contributed by atoms with Gasteiger partial charge < -0.3 is 29.3 Å². The molecule has 4 rings (SSSR count). The van der Waals surface area contributed by atoms with E-state index >= 15 is 0 Å². The number of rotatable bonds is 5. The normalized spacial score (nSPS) is 19.7. The summed E-state index contributed by atoms with van der Waals surface area (Å²) in [6, 6.07) is 5.95. The zero-order chi connectivity index (χ0) is 24.1. The van der Waals surface area contributed by atoms with Crippen LogP contribution < -0.4 is 19.9 Å². The van der Waals surface area contributed by atoms with Crippen LogP contribution in [-0.2, 0) is 19.1 Å². The fourth-order valence-electron chi connectivity index (χ4n) is 5.11. The quantitative estimate of drug-likeness (QED) is 0.662. The molecule has 1 N–H and O–H groups in total. The molecule has 0 saturated carbocycles. The van der Waals surface area contributed by atoms with Gasteiger partial charge in [0.1, 0.15) is 11.4 Å². The molecule has 3 aliphatic rings. The first-order valence-electron chi connectivity index (χ1n) is 11.7. The molecule has 0 aromatic heterocycles. The van der Waals surface area contributed by atoms with Crippen LogP contribution in [0, 0.1) is 5.41 Å². The summed E-state index contributed by atoms with van der Waals surface area (Å²) in [7, 11) is 4.17. The predicted octanol–water partition coefficient (Wildman–Crippen LogP) is 3.16. The Hall–Kier alpha value is -3.26. The van der Waals surface area contributed by atoms with Crippen molar-refractivity contribution in [3.63, 3.8) is 0 Å². The Labute approximate surface area is 200 Å². The highest BCUT2D eigenvalue weighted by atomic mass is 16.5. The highest BCUT2D eigenvalue weighted by Gasteiger charge is 2.36. The number of hydrogen-bond acceptors (Lipinski definition) is 8. The summed E-state index contributed by atoms with van der Waals surface area (Å²) in [6.07, 6.45) is 11.6. The zero-order valence-corrected chi connectivity index (χ0v) is 20.1. The number of nitrogens with one attached hydrogen (secondary N) is 1. The minimum atomic E-state index is -0.647. The molecular formula is C26H33N3O5. The first kappa shape index (κ1) is 23.9. The molecule has 2 fully saturated rings. The highest BCUT2D eigenvalue weighted by Crippen LogP contribution is 2.42. The summed E-state index contributed by atoms with van der Waals surface area (Å²) in [5.74, 6) is -0.677. The Morgan fingerprint density at radius 3 is 2.29 bits per heavy atom. The van der Waals surface area contributed by atoms with Crippen LogP contribution in [0.1, 0.15) is 25.7 Å². The predicted molar refractivity (Wildman–Crippen MR) is 131 cm³/mol. The number of methoxy groups -OCH3 is 3. The van der Waals surface area contributed by atoms with E-state index in [-0.39, 0.29) is 11.3 Å². The third-order valence-corrected chi connectivity index (χ3v) is 7.17. The van der Waals surface area contributed by atoms with Crippen molar-refractivity contribution >= 4 is 23.3 Å². The summed E-state index contributed by atoms with van der Waals surface area (Å²) in [5, 5.41) is 3.48. The number of benzene rings is 1. The number of hydrogen-bond donors (Lipinski definition) is 1. The number of allylic oxidation sites excluding steroid dienone is 2. The molecule has 182 valence electrons. The minimum absolute atomic E-state index is 0.0659. The molecule has 3 aliphatic heterocycles. The van der Waals surface area contributed by atoms with Crippen molar-refractivity contribution < 1.29 is 23.8 Å². The first-order chi connectivity index (χ1) is 16.5. The number of piperidine rings is 2. The monoisotopic (exact) mass is 467 g/mol. The van der Waals surface area contributed by atoms with Crippen LogP contribution in [0.5, 0.6) is 5.75 Å². The average Bonchev–Trinajstić information content (AvgIpc) is 3.11. The van der Waals surface area contributed by atoms with Crippen molar-refractivity contribution in [1.29, 1.82) is 0 Å². The summed E-state index contributed by atoms with van der Waals surface area (Å²) < 4.78 is 15.6. The Balaban J connectivity index is 1.64. The fourth-order valence-corrected chi connectivity index (χ4v) is 5.11. The topological polar surface area (TPSA) is 80.3 Å². The number of carbonyl (C=O) groups excluding carboxylic acids is 2. The minimum Gasteiger partial charge on any atom is -0.494 e. The standard InChI is InChI=1S/C26H33N3O5/c1-32-22-18-19(28-16-11-26(12-17-28)9-13-27-14-10-26)7-8-21(22)29-15-5-4-6-20(24(30)33-2)23(29)25(31)34-3/h4-8,15,18,27H,9-14,16-17H2,1-3H3. The average molecular weight is 468 g/mol. The van der Waals surface area contributed by atoms with Gasteiger partial charge in [0.25, 0.3) is 0 Å². The second-order valence-electron chi connectivity index (χ2n) is 8.91. The Kier molecular flexibility index (Phi) is 7.26. The zero-order valence-electron chi connectivity index (χ0n) is 20.1. The van der Waals surface area contributed by atoms with Crippen LogP contribution >= 0.6 is 0 Å². The molecule has 1 spiro atoms. The van der Waals surface area contributed by atoms with E-state index in [0.717, 1.165) is 31.9 Å². The summed E-state index contributed by atoms with van der Waals surface area (Å²) in [5.41, 5.74) is 2.35. The molecule has 1 aromatic carbocycles. The first-order valence-corrected chi connectivity index (χ1v) is 11.7. The van der Waals surface area contributed by atoms with E-state index in [1.54, 1.807) is 36.4 Å². The molecule has 0 bridgehead atoms. The third kappa shape index (κ3) is 4.68. The van der Waals surface area contributed by atoms with Gasteiger partial charge in [-0.2, -0.15) is 0 Å². The van der Waals surface area contributed by atoms with Gasteiger partial charge in [0.2, 0.25) is 0 Å². The molecule has 0 atom stereocenters. The van der Waals surface area contributed by atoms with E-state index in [1.807, 2.05) is 18.2 Å². The number of ether oxygens (including phenoxy) is 3. The molecule has 2 saturated heterocycles. The summed E-state index contributed by atoms with van der Waals surface area (Å²) >= 11 is 0. The van der Waals surface area contributed by atoms with Gasteiger partial charge >= 0.3 is 11.9 Å². The SMILES string of the molecule is COC(=O)C1=C(C(=O)OC)N(c2ccc(N3CCC4(CCNCC4)CC3)cc2OC)C=CC=C1. The molecule has 8 nitrogen and oxygen atoms in total. The Bertz CT molecular complexity index is 1010. The van der Waals surface area contributed by atoms with E-state index in [2.05, 4.69) is 10.2 Å². The van der Waals surface area contributed by atoms with Crippen molar-refractivity contribution in [3.8, 4) is 5.75 Å². The van der Waals surface area contributed by atoms with Crippen molar-refractivity contribution in [2.75, 3.05) is 57.3 Å². The highest BCUT2D eigenvalue weighted by molar-refractivity contribution is 6.05. The molecular weight excluding hydrogens is 434 g/mol. The van der Waals surface area contributed by atoms with Crippen LogP contribution in [0.15, 0.2) is 53.9 Å². The Morgan fingerprint density at radius 2 is 1.65 bits per heavy atom. The van der Waals surface area contributed by atoms with Crippen LogP contribution in [0.3, 0.4) is 0 Å². The number of anilines is 2. The van der Waals surface area contributed by atoms with Gasteiger partial charge in [-0.1, -0.05) is 6.08 Å². The van der Waals surface area contributed by atoms with Crippen molar-refractivity contribution in [1.82, 2.24) is 5.32 Å². The molecule has 0 unspecified atom stereocenters. The van der Waals surface area contributed by atoms with E-state index in [1.165, 1.54) is 39.9 Å². The summed E-state index contributed by atoms with van der Waals surface area (Å²) in [6.45, 7) is 4.25. The number of nitrogens with zero attached hydrogens (tertiary/aromatic N) is 2. The van der Waals surface area contributed by atoms with Gasteiger partial charge in [-0.15, -0.1) is 0 Å². The van der Waals surface area contributed by atoms with Gasteiger partial charge in [-0.05, 0) is 68.5 Å². The third-order valence-electron chi connectivity index (χ3n) is 7.17. The van der Waals surface area contributed by atoms with Crippen LogP contribution in [-0.4, -0.2) is 59.4 Å². The molecule has 0 aliphatic carbocycles. The number of esters is 2. The van der Waals surface area contributed by atoms with Gasteiger partial charge in [0.15, 0.2) is 0 Å². The molecule has 0 radical (unpaired) electrons. The van der Waals surface area contributed by atoms with E-state index < -0.39 is 11.9 Å². The van der Waals surface area contributed by atoms with Crippen molar-refractivity contribution in [3.05, 3.63) is 53.9 Å². The van der Waals surface area contributed by atoms with Crippen LogP contribution in [0.2, 0.25) is 0 Å². The maximum Gasteiger partial charge on any atom is 0.355 e. The lowest BCUT2D eigenvalue weighted by atomic mass is 9.71. The van der Waals surface area contributed by atoms with Crippen molar-refractivity contribution in [2.24, 2.45) is 5.41 Å². The van der Waals surface area contributed by atoms with Gasteiger partial charge in [0, 0.05) is 31.0 Å². The van der Waals surface area contributed by atoms with Gasteiger partial charge in [-0.3, -0.25) is 0 Å². The molecule has 3 heterocycles. The number of carbonyl (C=O) groups is 2. The lowest BCUT2D eigenvalue weighted by Gasteiger charge is -2.45. The molecule has 1 aromatic rings. The second-order valence-corrected chi connectivity index (χ2v) is 8.91.